The van der Waals surface area contributed by atoms with Gasteiger partial charge in [-0.05, 0) is 30.7 Å². The molecule has 0 bridgehead atoms. The highest BCUT2D eigenvalue weighted by Gasteiger charge is 2.39. The SMILES string of the molecule is CC1(C)CCN(c2cccc(-c3nsc(Nc4ccc5[nH]ncc5c4Cl)n3)c2)C1=O. The number of halogens is 1. The van der Waals surface area contributed by atoms with Gasteiger partial charge in [0, 0.05) is 40.1 Å². The lowest BCUT2D eigenvalue weighted by Crippen LogP contribution is -2.30. The molecule has 0 saturated carbocycles. The second kappa shape index (κ2) is 7.07. The van der Waals surface area contributed by atoms with Gasteiger partial charge < -0.3 is 10.2 Å². The van der Waals surface area contributed by atoms with Gasteiger partial charge in [-0.1, -0.05) is 37.6 Å². The van der Waals surface area contributed by atoms with E-state index in [0.717, 1.165) is 40.8 Å². The van der Waals surface area contributed by atoms with Crippen molar-refractivity contribution in [2.75, 3.05) is 16.8 Å². The lowest BCUT2D eigenvalue weighted by atomic mass is 9.92. The molecule has 2 aromatic carbocycles. The van der Waals surface area contributed by atoms with Crippen molar-refractivity contribution in [1.29, 1.82) is 0 Å². The monoisotopic (exact) mass is 438 g/mol. The molecule has 30 heavy (non-hydrogen) atoms. The zero-order valence-electron chi connectivity index (χ0n) is 16.4. The minimum Gasteiger partial charge on any atom is -0.329 e. The van der Waals surface area contributed by atoms with Crippen molar-refractivity contribution in [2.45, 2.75) is 20.3 Å². The Kier molecular flexibility index (Phi) is 4.48. The predicted octanol–water partition coefficient (Wildman–Crippen LogP) is 5.24. The molecule has 1 fully saturated rings. The summed E-state index contributed by atoms with van der Waals surface area (Å²) in [6, 6.07) is 11.6. The van der Waals surface area contributed by atoms with Gasteiger partial charge in [0.25, 0.3) is 0 Å². The molecule has 2 N–H and O–H groups in total. The van der Waals surface area contributed by atoms with E-state index >= 15 is 0 Å². The normalized spacial score (nSPS) is 15.8. The number of carbonyl (C=O) groups is 1. The zero-order valence-corrected chi connectivity index (χ0v) is 18.0. The topological polar surface area (TPSA) is 86.8 Å². The fourth-order valence-electron chi connectivity index (χ4n) is 3.61. The van der Waals surface area contributed by atoms with Crippen LogP contribution in [0.15, 0.2) is 42.6 Å². The van der Waals surface area contributed by atoms with Gasteiger partial charge >= 0.3 is 0 Å². The van der Waals surface area contributed by atoms with Crippen LogP contribution in [0.3, 0.4) is 0 Å². The smallest absolute Gasteiger partial charge is 0.232 e. The molecule has 0 spiro atoms. The second-order valence-corrected chi connectivity index (χ2v) is 9.08. The second-order valence-electron chi connectivity index (χ2n) is 7.95. The molecule has 152 valence electrons. The van der Waals surface area contributed by atoms with Crippen molar-refractivity contribution in [2.24, 2.45) is 5.41 Å². The molecule has 9 heteroatoms. The number of benzene rings is 2. The highest BCUT2D eigenvalue weighted by molar-refractivity contribution is 7.10. The number of H-pyrrole nitrogens is 1. The number of anilines is 3. The first-order valence-corrected chi connectivity index (χ1v) is 10.7. The van der Waals surface area contributed by atoms with Gasteiger partial charge in [-0.3, -0.25) is 9.89 Å². The Hall–Kier alpha value is -2.97. The van der Waals surface area contributed by atoms with Gasteiger partial charge in [0.15, 0.2) is 5.82 Å². The van der Waals surface area contributed by atoms with E-state index in [2.05, 4.69) is 24.9 Å². The highest BCUT2D eigenvalue weighted by Crippen LogP contribution is 2.36. The summed E-state index contributed by atoms with van der Waals surface area (Å²) in [5, 5.41) is 12.2. The van der Waals surface area contributed by atoms with Gasteiger partial charge in [-0.2, -0.15) is 14.5 Å². The third-order valence-corrected chi connectivity index (χ3v) is 6.46. The molecule has 0 radical (unpaired) electrons. The van der Waals surface area contributed by atoms with Crippen LogP contribution in [-0.2, 0) is 4.79 Å². The first-order chi connectivity index (χ1) is 14.4. The van der Waals surface area contributed by atoms with E-state index in [1.54, 1.807) is 6.20 Å². The lowest BCUT2D eigenvalue weighted by Gasteiger charge is -2.20. The number of nitrogens with zero attached hydrogens (tertiary/aromatic N) is 4. The summed E-state index contributed by atoms with van der Waals surface area (Å²) in [6.07, 6.45) is 2.54. The number of amides is 1. The van der Waals surface area contributed by atoms with Crippen LogP contribution in [0.5, 0.6) is 0 Å². The van der Waals surface area contributed by atoms with Crippen LogP contribution in [0, 0.1) is 5.41 Å². The Morgan fingerprint density at radius 2 is 2.13 bits per heavy atom. The average Bonchev–Trinajstić information content (AvgIpc) is 3.45. The molecule has 0 unspecified atom stereocenters. The minimum absolute atomic E-state index is 0.150. The van der Waals surface area contributed by atoms with E-state index in [-0.39, 0.29) is 11.3 Å². The number of aromatic amines is 1. The van der Waals surface area contributed by atoms with Crippen LogP contribution in [0.4, 0.5) is 16.5 Å². The predicted molar refractivity (Wildman–Crippen MR) is 120 cm³/mol. The highest BCUT2D eigenvalue weighted by atomic mass is 35.5. The van der Waals surface area contributed by atoms with Crippen molar-refractivity contribution in [1.82, 2.24) is 19.6 Å². The third kappa shape index (κ3) is 3.22. The van der Waals surface area contributed by atoms with Crippen molar-refractivity contribution in [3.8, 4) is 11.4 Å². The van der Waals surface area contributed by atoms with Gasteiger partial charge in [0.05, 0.1) is 22.4 Å². The van der Waals surface area contributed by atoms with Crippen molar-refractivity contribution in [3.05, 3.63) is 47.6 Å². The quantitative estimate of drug-likeness (QED) is 0.455. The molecule has 3 heterocycles. The lowest BCUT2D eigenvalue weighted by molar-refractivity contribution is -0.123. The summed E-state index contributed by atoms with van der Waals surface area (Å²) in [6.45, 7) is 4.71. The van der Waals surface area contributed by atoms with Gasteiger partial charge in [0.1, 0.15) is 0 Å². The molecule has 4 aromatic rings. The number of carbonyl (C=O) groups excluding carboxylic acids is 1. The summed E-state index contributed by atoms with van der Waals surface area (Å²) in [7, 11) is 0. The Bertz CT molecular complexity index is 1260. The first kappa shape index (κ1) is 19.0. The van der Waals surface area contributed by atoms with Crippen LogP contribution >= 0.6 is 23.1 Å². The van der Waals surface area contributed by atoms with E-state index in [4.69, 9.17) is 11.6 Å². The molecule has 1 aliphatic rings. The molecule has 5 rings (SSSR count). The molecule has 7 nitrogen and oxygen atoms in total. The maximum atomic E-state index is 12.7. The molecule has 0 atom stereocenters. The number of aromatic nitrogens is 4. The number of hydrogen-bond acceptors (Lipinski definition) is 6. The summed E-state index contributed by atoms with van der Waals surface area (Å²) in [5.74, 6) is 0.758. The fourth-order valence-corrected chi connectivity index (χ4v) is 4.47. The van der Waals surface area contributed by atoms with Gasteiger partial charge in [-0.15, -0.1) is 0 Å². The minimum atomic E-state index is -0.318. The maximum absolute atomic E-state index is 12.7. The molecule has 2 aromatic heterocycles. The molecule has 1 aliphatic heterocycles. The van der Waals surface area contributed by atoms with Crippen LogP contribution in [-0.4, -0.2) is 32.0 Å². The van der Waals surface area contributed by atoms with Gasteiger partial charge in [0.2, 0.25) is 11.0 Å². The van der Waals surface area contributed by atoms with E-state index in [1.165, 1.54) is 11.5 Å². The van der Waals surface area contributed by atoms with E-state index in [9.17, 15) is 4.79 Å². The molecule has 1 saturated heterocycles. The number of nitrogens with one attached hydrogen (secondary N) is 2. The summed E-state index contributed by atoms with van der Waals surface area (Å²) in [5.41, 5.74) is 3.04. The fraction of sp³-hybridized carbons (Fsp3) is 0.238. The zero-order chi connectivity index (χ0) is 20.9. The van der Waals surface area contributed by atoms with Crippen molar-refractivity contribution < 1.29 is 4.79 Å². The molecular weight excluding hydrogens is 420 g/mol. The van der Waals surface area contributed by atoms with E-state index in [0.29, 0.717) is 16.0 Å². The Balaban J connectivity index is 1.40. The summed E-state index contributed by atoms with van der Waals surface area (Å²) >= 11 is 7.74. The molecule has 0 aliphatic carbocycles. The van der Waals surface area contributed by atoms with E-state index < -0.39 is 0 Å². The summed E-state index contributed by atoms with van der Waals surface area (Å²) < 4.78 is 4.48. The number of rotatable bonds is 4. The standard InChI is InChI=1S/C21H19ClN6OS/c1-21(2)8-9-28(19(21)29)13-5-3-4-12(10-13)18-25-20(30-27-18)24-16-7-6-15-14(17(16)22)11-23-26-15/h3-7,10-11H,8-9H2,1-2H3,(H,23,26)(H,24,25,27). The van der Waals surface area contributed by atoms with Crippen molar-refractivity contribution in [3.63, 3.8) is 0 Å². The van der Waals surface area contributed by atoms with Gasteiger partial charge in [-0.25, -0.2) is 0 Å². The van der Waals surface area contributed by atoms with Crippen LogP contribution in [0.2, 0.25) is 5.02 Å². The maximum Gasteiger partial charge on any atom is 0.232 e. The average molecular weight is 439 g/mol. The number of hydrogen-bond donors (Lipinski definition) is 2. The Labute approximate surface area is 182 Å². The third-order valence-electron chi connectivity index (χ3n) is 5.43. The van der Waals surface area contributed by atoms with Crippen molar-refractivity contribution >= 4 is 56.4 Å². The van der Waals surface area contributed by atoms with Crippen LogP contribution in [0.1, 0.15) is 20.3 Å². The van der Waals surface area contributed by atoms with Crippen LogP contribution < -0.4 is 10.2 Å². The van der Waals surface area contributed by atoms with Crippen LogP contribution in [0.25, 0.3) is 22.3 Å². The Morgan fingerprint density at radius 3 is 2.93 bits per heavy atom. The molecule has 1 amide bonds. The number of fused-ring (bicyclic) bond motifs is 1. The first-order valence-electron chi connectivity index (χ1n) is 9.57. The molecular formula is C21H19ClN6OS. The Morgan fingerprint density at radius 1 is 1.27 bits per heavy atom. The van der Waals surface area contributed by atoms with E-state index in [1.807, 2.05) is 55.1 Å². The largest absolute Gasteiger partial charge is 0.329 e. The summed E-state index contributed by atoms with van der Waals surface area (Å²) in [4.78, 5) is 19.1.